The second-order valence-electron chi connectivity index (χ2n) is 7.90. The maximum absolute atomic E-state index is 13.1. The first-order chi connectivity index (χ1) is 12.8. The van der Waals surface area contributed by atoms with Gasteiger partial charge in [0.25, 0.3) is 11.5 Å². The number of aromatic nitrogens is 3. The van der Waals surface area contributed by atoms with Gasteiger partial charge in [0.05, 0.1) is 16.3 Å². The molecule has 27 heavy (non-hydrogen) atoms. The number of carbonyl (C=O) groups is 1. The minimum atomic E-state index is -0.380. The van der Waals surface area contributed by atoms with Gasteiger partial charge in [-0.05, 0) is 25.0 Å². The van der Waals surface area contributed by atoms with Crippen LogP contribution in [0.1, 0.15) is 60.8 Å². The van der Waals surface area contributed by atoms with Crippen LogP contribution in [0, 0.1) is 0 Å². The Morgan fingerprint density at radius 3 is 2.78 bits per heavy atom. The van der Waals surface area contributed by atoms with E-state index in [9.17, 15) is 9.59 Å². The fraction of sp³-hybridized carbons (Fsp3) is 0.400. The van der Waals surface area contributed by atoms with Crippen molar-refractivity contribution in [3.05, 3.63) is 57.2 Å². The van der Waals surface area contributed by atoms with Gasteiger partial charge >= 0.3 is 0 Å². The highest BCUT2D eigenvalue weighted by Crippen LogP contribution is 2.37. The zero-order valence-corrected chi connectivity index (χ0v) is 16.5. The molecule has 0 spiro atoms. The lowest BCUT2D eigenvalue weighted by molar-refractivity contribution is 0.0733. The summed E-state index contributed by atoms with van der Waals surface area (Å²) in [5.74, 6) is 0.305. The Kier molecular flexibility index (Phi) is 4.34. The third kappa shape index (κ3) is 3.27. The van der Waals surface area contributed by atoms with Gasteiger partial charge in [-0.3, -0.25) is 9.59 Å². The van der Waals surface area contributed by atoms with E-state index in [0.717, 1.165) is 28.1 Å². The van der Waals surface area contributed by atoms with Crippen molar-refractivity contribution in [2.45, 2.75) is 45.1 Å². The smallest absolute Gasteiger partial charge is 0.263 e. The number of H-pyrrole nitrogens is 1. The lowest BCUT2D eigenvalue weighted by Gasteiger charge is -2.23. The number of benzene rings is 1. The zero-order chi connectivity index (χ0) is 19.2. The van der Waals surface area contributed by atoms with Crippen LogP contribution < -0.4 is 5.56 Å². The second-order valence-corrected chi connectivity index (χ2v) is 8.96. The topological polar surface area (TPSA) is 79.0 Å². The van der Waals surface area contributed by atoms with E-state index in [-0.39, 0.29) is 28.5 Å². The van der Waals surface area contributed by atoms with E-state index in [1.807, 2.05) is 45.0 Å². The van der Waals surface area contributed by atoms with Crippen LogP contribution >= 0.6 is 11.3 Å². The Labute approximate surface area is 161 Å². The average molecular weight is 382 g/mol. The van der Waals surface area contributed by atoms with Crippen molar-refractivity contribution in [1.82, 2.24) is 19.9 Å². The molecule has 1 N–H and O–H groups in total. The SMILES string of the molecule is CC(C)(C)c1ncc(C(=O)N2CCCC2c2nc3ccccc3s2)c(=O)[nH]1. The second kappa shape index (κ2) is 6.56. The van der Waals surface area contributed by atoms with Crippen LogP contribution in [-0.4, -0.2) is 32.3 Å². The summed E-state index contributed by atoms with van der Waals surface area (Å²) in [5, 5.41) is 0.928. The standard InChI is InChI=1S/C20H22N4O2S/c1-20(2,3)19-21-11-12(16(25)23-19)18(26)24-10-6-8-14(24)17-22-13-7-4-5-9-15(13)27-17/h4-5,7,9,11,14H,6,8,10H2,1-3H3,(H,21,23,25). The molecule has 1 aromatic carbocycles. The molecule has 1 atom stereocenters. The number of amides is 1. The Hall–Kier alpha value is -2.54. The molecule has 1 amide bonds. The van der Waals surface area contributed by atoms with Crippen molar-refractivity contribution in [2.75, 3.05) is 6.54 Å². The van der Waals surface area contributed by atoms with Crippen molar-refractivity contribution in [2.24, 2.45) is 0 Å². The summed E-state index contributed by atoms with van der Waals surface area (Å²) >= 11 is 1.61. The summed E-state index contributed by atoms with van der Waals surface area (Å²) in [4.78, 5) is 39.1. The molecule has 4 rings (SSSR count). The van der Waals surface area contributed by atoms with E-state index in [0.29, 0.717) is 12.4 Å². The molecule has 0 aliphatic carbocycles. The summed E-state index contributed by atoms with van der Waals surface area (Å²) in [6.45, 7) is 6.53. The molecule has 6 nitrogen and oxygen atoms in total. The van der Waals surface area contributed by atoms with Crippen molar-refractivity contribution < 1.29 is 4.79 Å². The van der Waals surface area contributed by atoms with E-state index >= 15 is 0 Å². The summed E-state index contributed by atoms with van der Waals surface area (Å²) in [5.41, 5.74) is 0.384. The van der Waals surface area contributed by atoms with Crippen molar-refractivity contribution in [3.8, 4) is 0 Å². The molecular weight excluding hydrogens is 360 g/mol. The Morgan fingerprint density at radius 1 is 1.30 bits per heavy atom. The van der Waals surface area contributed by atoms with Crippen LogP contribution in [0.5, 0.6) is 0 Å². The van der Waals surface area contributed by atoms with Crippen molar-refractivity contribution in [3.63, 3.8) is 0 Å². The highest BCUT2D eigenvalue weighted by atomic mass is 32.1. The van der Waals surface area contributed by atoms with E-state index in [1.165, 1.54) is 6.20 Å². The number of aromatic amines is 1. The van der Waals surface area contributed by atoms with Crippen molar-refractivity contribution >= 4 is 27.5 Å². The van der Waals surface area contributed by atoms with E-state index < -0.39 is 0 Å². The maximum Gasteiger partial charge on any atom is 0.263 e. The highest BCUT2D eigenvalue weighted by Gasteiger charge is 2.34. The third-order valence-corrected chi connectivity index (χ3v) is 5.99. The third-order valence-electron chi connectivity index (χ3n) is 4.85. The molecule has 0 bridgehead atoms. The molecule has 1 fully saturated rings. The van der Waals surface area contributed by atoms with Crippen LogP contribution in [0.25, 0.3) is 10.2 Å². The number of hydrogen-bond acceptors (Lipinski definition) is 5. The number of thiazole rings is 1. The first kappa shape index (κ1) is 17.9. The Morgan fingerprint density at radius 2 is 2.07 bits per heavy atom. The molecule has 1 aliphatic heterocycles. The van der Waals surface area contributed by atoms with Gasteiger partial charge in [0.2, 0.25) is 0 Å². The number of rotatable bonds is 2. The van der Waals surface area contributed by atoms with Gasteiger partial charge < -0.3 is 9.88 Å². The van der Waals surface area contributed by atoms with E-state index in [2.05, 4.69) is 9.97 Å². The fourth-order valence-electron chi connectivity index (χ4n) is 3.38. The first-order valence-electron chi connectivity index (χ1n) is 9.11. The molecule has 7 heteroatoms. The molecule has 2 aromatic heterocycles. The predicted octanol–water partition coefficient (Wildman–Crippen LogP) is 3.65. The number of carbonyl (C=O) groups excluding carboxylic acids is 1. The molecule has 3 aromatic rings. The zero-order valence-electron chi connectivity index (χ0n) is 15.7. The van der Waals surface area contributed by atoms with Gasteiger partial charge in [-0.15, -0.1) is 11.3 Å². The van der Waals surface area contributed by atoms with Gasteiger partial charge in [-0.25, -0.2) is 9.97 Å². The largest absolute Gasteiger partial charge is 0.329 e. The summed E-state index contributed by atoms with van der Waals surface area (Å²) < 4.78 is 1.11. The minimum Gasteiger partial charge on any atom is -0.329 e. The monoisotopic (exact) mass is 382 g/mol. The van der Waals surface area contributed by atoms with Crippen LogP contribution in [0.15, 0.2) is 35.3 Å². The quantitative estimate of drug-likeness (QED) is 0.734. The first-order valence-corrected chi connectivity index (χ1v) is 9.92. The van der Waals surface area contributed by atoms with Gasteiger partial charge in [-0.2, -0.15) is 0 Å². The maximum atomic E-state index is 13.1. The highest BCUT2D eigenvalue weighted by molar-refractivity contribution is 7.18. The molecule has 3 heterocycles. The molecule has 0 radical (unpaired) electrons. The van der Waals surface area contributed by atoms with E-state index in [1.54, 1.807) is 16.2 Å². The number of para-hydroxylation sites is 1. The average Bonchev–Trinajstić information content (AvgIpc) is 3.26. The number of nitrogens with zero attached hydrogens (tertiary/aromatic N) is 3. The normalized spacial score (nSPS) is 17.6. The summed E-state index contributed by atoms with van der Waals surface area (Å²) in [6, 6.07) is 7.89. The molecule has 1 unspecified atom stereocenters. The Bertz CT molecular complexity index is 1030. The van der Waals surface area contributed by atoms with Crippen LogP contribution in [0.2, 0.25) is 0 Å². The van der Waals surface area contributed by atoms with Gasteiger partial charge in [0, 0.05) is 18.2 Å². The summed E-state index contributed by atoms with van der Waals surface area (Å²) in [6.07, 6.45) is 3.17. The van der Waals surface area contributed by atoms with Crippen LogP contribution in [0.3, 0.4) is 0 Å². The number of likely N-dealkylation sites (tertiary alicyclic amines) is 1. The lowest BCUT2D eigenvalue weighted by atomic mass is 9.96. The van der Waals surface area contributed by atoms with Crippen LogP contribution in [-0.2, 0) is 5.41 Å². The number of hydrogen-bond donors (Lipinski definition) is 1. The van der Waals surface area contributed by atoms with Gasteiger partial charge in [0.15, 0.2) is 0 Å². The molecule has 1 saturated heterocycles. The van der Waals surface area contributed by atoms with Crippen LogP contribution in [0.4, 0.5) is 0 Å². The molecule has 1 aliphatic rings. The number of fused-ring (bicyclic) bond motifs is 1. The summed E-state index contributed by atoms with van der Waals surface area (Å²) in [7, 11) is 0. The minimum absolute atomic E-state index is 0.0865. The molecular formula is C20H22N4O2S. The number of nitrogens with one attached hydrogen (secondary N) is 1. The lowest BCUT2D eigenvalue weighted by Crippen LogP contribution is -2.35. The van der Waals surface area contributed by atoms with Crippen molar-refractivity contribution in [1.29, 1.82) is 0 Å². The molecule has 0 saturated carbocycles. The van der Waals surface area contributed by atoms with E-state index in [4.69, 9.17) is 4.98 Å². The Balaban J connectivity index is 1.66. The van der Waals surface area contributed by atoms with Gasteiger partial charge in [-0.1, -0.05) is 32.9 Å². The van der Waals surface area contributed by atoms with Gasteiger partial charge in [0.1, 0.15) is 16.4 Å². The fourth-order valence-corrected chi connectivity index (χ4v) is 4.50. The predicted molar refractivity (Wildman–Crippen MR) is 106 cm³/mol. The molecule has 140 valence electrons.